The van der Waals surface area contributed by atoms with Crippen LogP contribution >= 0.6 is 11.6 Å². The third-order valence-electron chi connectivity index (χ3n) is 7.02. The topological polar surface area (TPSA) is 63.7 Å². The first-order valence-electron chi connectivity index (χ1n) is 11.4. The van der Waals surface area contributed by atoms with E-state index in [9.17, 15) is 13.6 Å². The summed E-state index contributed by atoms with van der Waals surface area (Å²) in [5.74, 6) is 0.408. The molecule has 182 valence electrons. The van der Waals surface area contributed by atoms with Gasteiger partial charge in [-0.3, -0.25) is 4.79 Å². The highest BCUT2D eigenvalue weighted by molar-refractivity contribution is 6.69. The van der Waals surface area contributed by atoms with Crippen LogP contribution in [0.3, 0.4) is 0 Å². The first-order valence-corrected chi connectivity index (χ1v) is 11.8. The van der Waals surface area contributed by atoms with Gasteiger partial charge in [0.15, 0.2) is 0 Å². The van der Waals surface area contributed by atoms with Crippen molar-refractivity contribution in [3.63, 3.8) is 0 Å². The van der Waals surface area contributed by atoms with Gasteiger partial charge in [0.1, 0.15) is 11.6 Å². The Hall–Kier alpha value is -2.39. The quantitative estimate of drug-likeness (QED) is 0.448. The Bertz CT molecular complexity index is 1040. The van der Waals surface area contributed by atoms with Gasteiger partial charge in [-0.2, -0.15) is 0 Å². The van der Waals surface area contributed by atoms with Crippen molar-refractivity contribution in [3.05, 3.63) is 42.1 Å². The molecule has 0 atom stereocenters. The Kier molecular flexibility index (Phi) is 6.55. The average molecular weight is 492 g/mol. The SMILES string of the molecule is CC1(C)CB(c2cc(C(=O)Nc3ccc(OC(F)(F)Cl)cc3)cnc2N2CCCC2)OC1(C)C. The van der Waals surface area contributed by atoms with Crippen LogP contribution in [0.15, 0.2) is 36.5 Å². The molecule has 1 N–H and O–H groups in total. The lowest BCUT2D eigenvalue weighted by Gasteiger charge is -2.34. The van der Waals surface area contributed by atoms with Crippen LogP contribution in [0, 0.1) is 5.41 Å². The van der Waals surface area contributed by atoms with E-state index in [1.165, 1.54) is 24.3 Å². The van der Waals surface area contributed by atoms with Gasteiger partial charge in [-0.05, 0) is 74.2 Å². The molecule has 2 aliphatic rings. The third kappa shape index (κ3) is 5.30. The second-order valence-electron chi connectivity index (χ2n) is 10.1. The normalized spacial score (nSPS) is 19.4. The first kappa shape index (κ1) is 24.7. The fourth-order valence-corrected chi connectivity index (χ4v) is 4.50. The molecule has 0 aliphatic carbocycles. The predicted octanol–water partition coefficient (Wildman–Crippen LogP) is 5.14. The molecule has 1 amide bonds. The van der Waals surface area contributed by atoms with Crippen LogP contribution in [0.1, 0.15) is 50.9 Å². The maximum Gasteiger partial charge on any atom is 0.487 e. The highest BCUT2D eigenvalue weighted by Crippen LogP contribution is 2.45. The highest BCUT2D eigenvalue weighted by atomic mass is 35.5. The van der Waals surface area contributed by atoms with Gasteiger partial charge in [0.2, 0.25) is 0 Å². The maximum absolute atomic E-state index is 13.0. The summed E-state index contributed by atoms with van der Waals surface area (Å²) in [5, 5.41) is 2.78. The number of amides is 1. The second-order valence-corrected chi connectivity index (χ2v) is 10.5. The zero-order valence-corrected chi connectivity index (χ0v) is 20.6. The number of alkyl halides is 3. The molecule has 0 radical (unpaired) electrons. The van der Waals surface area contributed by atoms with E-state index in [2.05, 4.69) is 47.6 Å². The van der Waals surface area contributed by atoms with Crippen molar-refractivity contribution in [3.8, 4) is 5.75 Å². The molecular formula is C24H29BClF2N3O3. The minimum absolute atomic E-state index is 0.0398. The number of hydrogen-bond acceptors (Lipinski definition) is 5. The number of nitrogens with zero attached hydrogens (tertiary/aromatic N) is 2. The molecule has 2 aromatic rings. The summed E-state index contributed by atoms with van der Waals surface area (Å²) in [6.07, 6.45) is 4.62. The van der Waals surface area contributed by atoms with Crippen molar-refractivity contribution in [2.75, 3.05) is 23.3 Å². The first-order chi connectivity index (χ1) is 15.8. The summed E-state index contributed by atoms with van der Waals surface area (Å²) < 4.78 is 36.4. The van der Waals surface area contributed by atoms with Crippen LogP contribution in [-0.2, 0) is 4.65 Å². The minimum Gasteiger partial charge on any atom is -0.425 e. The van der Waals surface area contributed by atoms with Crippen LogP contribution in [-0.4, -0.2) is 42.1 Å². The molecule has 1 aromatic carbocycles. The summed E-state index contributed by atoms with van der Waals surface area (Å²) in [6, 6.07) is 7.41. The minimum atomic E-state index is -3.80. The number of hydrogen-bond donors (Lipinski definition) is 1. The second kappa shape index (κ2) is 9.00. The number of benzene rings is 1. The van der Waals surface area contributed by atoms with E-state index < -0.39 is 5.57 Å². The van der Waals surface area contributed by atoms with Gasteiger partial charge >= 0.3 is 12.5 Å². The number of halogens is 3. The van der Waals surface area contributed by atoms with Gasteiger partial charge in [0.25, 0.3) is 5.91 Å². The Morgan fingerprint density at radius 3 is 2.41 bits per heavy atom. The van der Waals surface area contributed by atoms with E-state index in [0.717, 1.165) is 43.5 Å². The lowest BCUT2D eigenvalue weighted by molar-refractivity contribution is -0.0964. The molecule has 34 heavy (non-hydrogen) atoms. The van der Waals surface area contributed by atoms with E-state index in [1.807, 2.05) is 6.07 Å². The van der Waals surface area contributed by atoms with Crippen molar-refractivity contribution >= 4 is 41.4 Å². The average Bonchev–Trinajstić information content (AvgIpc) is 3.34. The van der Waals surface area contributed by atoms with Crippen molar-refractivity contribution in [2.45, 2.75) is 58.0 Å². The zero-order valence-electron chi connectivity index (χ0n) is 19.8. The molecule has 0 unspecified atom stereocenters. The highest BCUT2D eigenvalue weighted by Gasteiger charge is 2.51. The van der Waals surface area contributed by atoms with Crippen molar-refractivity contribution in [2.24, 2.45) is 5.41 Å². The van der Waals surface area contributed by atoms with Gasteiger partial charge in [0, 0.05) is 36.6 Å². The lowest BCUT2D eigenvalue weighted by Crippen LogP contribution is -2.39. The summed E-state index contributed by atoms with van der Waals surface area (Å²) >= 11 is 4.79. The van der Waals surface area contributed by atoms with E-state index in [4.69, 9.17) is 16.3 Å². The molecule has 2 saturated heterocycles. The van der Waals surface area contributed by atoms with E-state index in [-0.39, 0.29) is 29.6 Å². The molecule has 1 aromatic heterocycles. The van der Waals surface area contributed by atoms with E-state index in [1.54, 1.807) is 6.20 Å². The molecule has 4 rings (SSSR count). The third-order valence-corrected chi connectivity index (χ3v) is 7.10. The van der Waals surface area contributed by atoms with Gasteiger partial charge in [-0.15, -0.1) is 8.78 Å². The van der Waals surface area contributed by atoms with Gasteiger partial charge in [-0.25, -0.2) is 4.98 Å². The summed E-state index contributed by atoms with van der Waals surface area (Å²) in [6.45, 7) is 10.3. The van der Waals surface area contributed by atoms with Crippen molar-refractivity contribution in [1.82, 2.24) is 4.98 Å². The number of anilines is 2. The molecule has 10 heteroatoms. The molecule has 0 bridgehead atoms. The summed E-state index contributed by atoms with van der Waals surface area (Å²) in [5.41, 5.74) is -2.41. The zero-order chi connectivity index (χ0) is 24.7. The van der Waals surface area contributed by atoms with Crippen molar-refractivity contribution in [1.29, 1.82) is 0 Å². The number of pyridine rings is 1. The van der Waals surface area contributed by atoms with E-state index >= 15 is 0 Å². The number of carbonyl (C=O) groups is 1. The molecule has 3 heterocycles. The molecule has 0 saturated carbocycles. The summed E-state index contributed by atoms with van der Waals surface area (Å²) in [7, 11) is 0. The lowest BCUT2D eigenvalue weighted by atomic mass is 9.54. The van der Waals surface area contributed by atoms with Crippen LogP contribution in [0.5, 0.6) is 5.75 Å². The maximum atomic E-state index is 13.0. The Balaban J connectivity index is 1.58. The Morgan fingerprint density at radius 2 is 1.85 bits per heavy atom. The van der Waals surface area contributed by atoms with Gasteiger partial charge in [-0.1, -0.05) is 13.8 Å². The number of carbonyl (C=O) groups excluding carboxylic acids is 1. The molecular weight excluding hydrogens is 463 g/mol. The fraction of sp³-hybridized carbons (Fsp3) is 0.500. The molecule has 2 aliphatic heterocycles. The van der Waals surface area contributed by atoms with Crippen LogP contribution in [0.4, 0.5) is 20.3 Å². The predicted molar refractivity (Wildman–Crippen MR) is 131 cm³/mol. The largest absolute Gasteiger partial charge is 0.487 e. The number of aromatic nitrogens is 1. The van der Waals surface area contributed by atoms with Crippen molar-refractivity contribution < 1.29 is 23.0 Å². The molecule has 2 fully saturated rings. The monoisotopic (exact) mass is 491 g/mol. The number of ether oxygens (including phenoxy) is 1. The smallest absolute Gasteiger partial charge is 0.425 e. The fourth-order valence-electron chi connectivity index (χ4n) is 4.41. The number of rotatable bonds is 6. The van der Waals surface area contributed by atoms with Gasteiger partial charge < -0.3 is 19.6 Å². The van der Waals surface area contributed by atoms with Crippen LogP contribution in [0.25, 0.3) is 0 Å². The van der Waals surface area contributed by atoms with Crippen LogP contribution in [0.2, 0.25) is 6.32 Å². The van der Waals surface area contributed by atoms with Gasteiger partial charge in [0.05, 0.1) is 11.2 Å². The van der Waals surface area contributed by atoms with Crippen LogP contribution < -0.4 is 20.4 Å². The standard InChI is InChI=1S/C24H29BClF2N3O3/c1-22(2)15-25(34-23(22,3)4)19-13-16(14-29-20(19)31-11-5-6-12-31)21(32)30-17-7-9-18(10-8-17)33-24(26,27)28/h7-10,13-14H,5-6,11-12,15H2,1-4H3,(H,30,32). The molecule has 0 spiro atoms. The molecule has 6 nitrogen and oxygen atoms in total. The number of nitrogens with one attached hydrogen (secondary N) is 1. The van der Waals surface area contributed by atoms with E-state index in [0.29, 0.717) is 11.3 Å². The Labute approximate surface area is 204 Å². The Morgan fingerprint density at radius 1 is 1.21 bits per heavy atom. The summed E-state index contributed by atoms with van der Waals surface area (Å²) in [4.78, 5) is 19.9.